The number of hydrogen-bond donors (Lipinski definition) is 2. The summed E-state index contributed by atoms with van der Waals surface area (Å²) in [5.41, 5.74) is -0.0426. The largest absolute Gasteiger partial charge is 0.493 e. The van der Waals surface area contributed by atoms with Crippen LogP contribution in [0.4, 0.5) is 0 Å². The number of ether oxygens (including phenoxy) is 2. The maximum Gasteiger partial charge on any atom is 0.161 e. The average molecular weight is 268 g/mol. The van der Waals surface area contributed by atoms with Gasteiger partial charge in [0.25, 0.3) is 0 Å². The SMILES string of the molecule is CCC(O)(CC)COc1ccc(C(C)O)cc1OC. The summed E-state index contributed by atoms with van der Waals surface area (Å²) in [6, 6.07) is 5.29. The van der Waals surface area contributed by atoms with Crippen molar-refractivity contribution in [3.05, 3.63) is 23.8 Å². The Labute approximate surface area is 115 Å². The molecule has 19 heavy (non-hydrogen) atoms. The summed E-state index contributed by atoms with van der Waals surface area (Å²) in [7, 11) is 1.56. The third-order valence-electron chi connectivity index (χ3n) is 3.48. The molecule has 0 aromatic heterocycles. The highest BCUT2D eigenvalue weighted by atomic mass is 16.5. The highest BCUT2D eigenvalue weighted by Gasteiger charge is 2.23. The van der Waals surface area contributed by atoms with Gasteiger partial charge in [-0.15, -0.1) is 0 Å². The van der Waals surface area contributed by atoms with Crippen LogP contribution in [0.1, 0.15) is 45.3 Å². The normalized spacial score (nSPS) is 13.2. The summed E-state index contributed by atoms with van der Waals surface area (Å²) in [5, 5.41) is 19.7. The summed E-state index contributed by atoms with van der Waals surface area (Å²) >= 11 is 0. The van der Waals surface area contributed by atoms with Gasteiger partial charge in [0.05, 0.1) is 18.8 Å². The van der Waals surface area contributed by atoms with Gasteiger partial charge in [-0.05, 0) is 37.5 Å². The summed E-state index contributed by atoms with van der Waals surface area (Å²) in [4.78, 5) is 0. The lowest BCUT2D eigenvalue weighted by atomic mass is 9.99. The van der Waals surface area contributed by atoms with E-state index >= 15 is 0 Å². The highest BCUT2D eigenvalue weighted by molar-refractivity contribution is 5.43. The quantitative estimate of drug-likeness (QED) is 0.798. The Balaban J connectivity index is 2.84. The first-order chi connectivity index (χ1) is 8.95. The van der Waals surface area contributed by atoms with Gasteiger partial charge in [0.2, 0.25) is 0 Å². The van der Waals surface area contributed by atoms with E-state index in [0.717, 1.165) is 5.56 Å². The molecule has 0 spiro atoms. The first-order valence-corrected chi connectivity index (χ1v) is 6.67. The third kappa shape index (κ3) is 4.11. The van der Waals surface area contributed by atoms with Crippen molar-refractivity contribution in [2.75, 3.05) is 13.7 Å². The van der Waals surface area contributed by atoms with Gasteiger partial charge in [0.1, 0.15) is 6.61 Å². The Hall–Kier alpha value is -1.26. The molecule has 1 unspecified atom stereocenters. The number of aliphatic hydroxyl groups is 2. The molecule has 1 rings (SSSR count). The van der Waals surface area contributed by atoms with E-state index in [4.69, 9.17) is 9.47 Å². The molecule has 0 heterocycles. The van der Waals surface area contributed by atoms with E-state index in [-0.39, 0.29) is 6.61 Å². The molecule has 4 nitrogen and oxygen atoms in total. The van der Waals surface area contributed by atoms with Crippen LogP contribution in [0.25, 0.3) is 0 Å². The molecule has 0 aliphatic heterocycles. The fourth-order valence-corrected chi connectivity index (χ4v) is 1.73. The first kappa shape index (κ1) is 15.8. The molecule has 0 amide bonds. The number of rotatable bonds is 7. The van der Waals surface area contributed by atoms with Gasteiger partial charge in [-0.1, -0.05) is 19.9 Å². The van der Waals surface area contributed by atoms with Crippen LogP contribution in [0.5, 0.6) is 11.5 Å². The van der Waals surface area contributed by atoms with E-state index in [2.05, 4.69) is 0 Å². The summed E-state index contributed by atoms with van der Waals surface area (Å²) in [6.45, 7) is 5.79. The molecule has 0 bridgehead atoms. The second-order valence-electron chi connectivity index (χ2n) is 4.81. The van der Waals surface area contributed by atoms with Crippen molar-refractivity contribution in [2.24, 2.45) is 0 Å². The van der Waals surface area contributed by atoms with Crippen molar-refractivity contribution in [1.82, 2.24) is 0 Å². The van der Waals surface area contributed by atoms with Gasteiger partial charge in [-0.25, -0.2) is 0 Å². The summed E-state index contributed by atoms with van der Waals surface area (Å²) in [5.74, 6) is 1.14. The molecule has 1 atom stereocenters. The average Bonchev–Trinajstić information content (AvgIpc) is 2.44. The second-order valence-corrected chi connectivity index (χ2v) is 4.81. The lowest BCUT2D eigenvalue weighted by molar-refractivity contribution is -0.0119. The monoisotopic (exact) mass is 268 g/mol. The predicted molar refractivity (Wildman–Crippen MR) is 74.7 cm³/mol. The topological polar surface area (TPSA) is 58.9 Å². The molecule has 0 radical (unpaired) electrons. The first-order valence-electron chi connectivity index (χ1n) is 6.67. The molecule has 108 valence electrons. The number of benzene rings is 1. The molecule has 0 saturated heterocycles. The Morgan fingerprint density at radius 1 is 1.21 bits per heavy atom. The summed E-state index contributed by atoms with van der Waals surface area (Å²) < 4.78 is 10.9. The highest BCUT2D eigenvalue weighted by Crippen LogP contribution is 2.31. The molecule has 0 saturated carbocycles. The van der Waals surface area contributed by atoms with Crippen molar-refractivity contribution in [1.29, 1.82) is 0 Å². The lowest BCUT2D eigenvalue weighted by Gasteiger charge is -2.25. The van der Waals surface area contributed by atoms with Crippen LogP contribution in [-0.2, 0) is 0 Å². The predicted octanol–water partition coefficient (Wildman–Crippen LogP) is 2.68. The van der Waals surface area contributed by atoms with Gasteiger partial charge < -0.3 is 19.7 Å². The van der Waals surface area contributed by atoms with Crippen LogP contribution in [0, 0.1) is 0 Å². The fraction of sp³-hybridized carbons (Fsp3) is 0.600. The lowest BCUT2D eigenvalue weighted by Crippen LogP contribution is -2.34. The molecule has 2 N–H and O–H groups in total. The minimum Gasteiger partial charge on any atom is -0.493 e. The van der Waals surface area contributed by atoms with Gasteiger partial charge in [0.15, 0.2) is 11.5 Å². The molecular weight excluding hydrogens is 244 g/mol. The Bertz CT molecular complexity index is 397. The minimum atomic E-state index is -0.812. The van der Waals surface area contributed by atoms with E-state index in [1.807, 2.05) is 13.8 Å². The van der Waals surface area contributed by atoms with E-state index in [0.29, 0.717) is 24.3 Å². The summed E-state index contributed by atoms with van der Waals surface area (Å²) in [6.07, 6.45) is 0.723. The molecule has 1 aromatic carbocycles. The second kappa shape index (κ2) is 6.78. The number of aliphatic hydroxyl groups excluding tert-OH is 1. The van der Waals surface area contributed by atoms with Crippen molar-refractivity contribution >= 4 is 0 Å². The van der Waals surface area contributed by atoms with Crippen molar-refractivity contribution in [2.45, 2.75) is 45.3 Å². The van der Waals surface area contributed by atoms with Crippen molar-refractivity contribution < 1.29 is 19.7 Å². The smallest absolute Gasteiger partial charge is 0.161 e. The number of methoxy groups -OCH3 is 1. The number of hydrogen-bond acceptors (Lipinski definition) is 4. The van der Waals surface area contributed by atoms with Crippen LogP contribution in [-0.4, -0.2) is 29.5 Å². The zero-order chi connectivity index (χ0) is 14.5. The van der Waals surface area contributed by atoms with Gasteiger partial charge in [0, 0.05) is 0 Å². The third-order valence-corrected chi connectivity index (χ3v) is 3.48. The fourth-order valence-electron chi connectivity index (χ4n) is 1.73. The van der Waals surface area contributed by atoms with E-state index < -0.39 is 11.7 Å². The molecule has 0 fully saturated rings. The van der Waals surface area contributed by atoms with E-state index in [9.17, 15) is 10.2 Å². The van der Waals surface area contributed by atoms with Crippen molar-refractivity contribution in [3.63, 3.8) is 0 Å². The van der Waals surface area contributed by atoms with Gasteiger partial charge >= 0.3 is 0 Å². The molecule has 4 heteroatoms. The molecule has 1 aromatic rings. The maximum atomic E-state index is 10.2. The van der Waals surface area contributed by atoms with Crippen molar-refractivity contribution in [3.8, 4) is 11.5 Å². The Morgan fingerprint density at radius 3 is 2.32 bits per heavy atom. The van der Waals surface area contributed by atoms with Gasteiger partial charge in [-0.3, -0.25) is 0 Å². The Kier molecular flexibility index (Phi) is 5.63. The van der Waals surface area contributed by atoms with Crippen LogP contribution in [0.15, 0.2) is 18.2 Å². The van der Waals surface area contributed by atoms with E-state index in [1.54, 1.807) is 32.2 Å². The molecule has 0 aliphatic carbocycles. The zero-order valence-corrected chi connectivity index (χ0v) is 12.1. The van der Waals surface area contributed by atoms with Crippen LogP contribution >= 0.6 is 0 Å². The van der Waals surface area contributed by atoms with Crippen LogP contribution in [0.3, 0.4) is 0 Å². The molecule has 0 aliphatic rings. The van der Waals surface area contributed by atoms with Crippen LogP contribution < -0.4 is 9.47 Å². The van der Waals surface area contributed by atoms with Gasteiger partial charge in [-0.2, -0.15) is 0 Å². The maximum absolute atomic E-state index is 10.2. The molecular formula is C15H24O4. The van der Waals surface area contributed by atoms with Crippen LogP contribution in [0.2, 0.25) is 0 Å². The standard InChI is InChI=1S/C15H24O4/c1-5-15(17,6-2)10-19-13-8-7-12(11(3)16)9-14(13)18-4/h7-9,11,16-17H,5-6,10H2,1-4H3. The van der Waals surface area contributed by atoms with E-state index in [1.165, 1.54) is 0 Å². The minimum absolute atomic E-state index is 0.227. The Morgan fingerprint density at radius 2 is 1.84 bits per heavy atom. The zero-order valence-electron chi connectivity index (χ0n) is 12.1.